The lowest BCUT2D eigenvalue weighted by atomic mass is 10.1. The zero-order chi connectivity index (χ0) is 19.2. The fourth-order valence-electron chi connectivity index (χ4n) is 3.76. The number of aromatic amines is 2. The van der Waals surface area contributed by atoms with Crippen LogP contribution in [0.4, 0.5) is 0 Å². The highest BCUT2D eigenvalue weighted by atomic mass is 32.1. The molecule has 0 radical (unpaired) electrons. The minimum Gasteiger partial charge on any atom is -0.335 e. The molecule has 6 rings (SSSR count). The summed E-state index contributed by atoms with van der Waals surface area (Å²) < 4.78 is 0. The molecule has 6 heterocycles. The van der Waals surface area contributed by atoms with Crippen molar-refractivity contribution in [1.29, 1.82) is 0 Å². The summed E-state index contributed by atoms with van der Waals surface area (Å²) in [4.78, 5) is 18.7. The van der Waals surface area contributed by atoms with E-state index < -0.39 is 0 Å². The topological polar surface area (TPSA) is 95.2 Å². The number of nitrogens with one attached hydrogen (secondary N) is 3. The van der Waals surface area contributed by atoms with Crippen LogP contribution in [0.25, 0.3) is 49.6 Å². The van der Waals surface area contributed by atoms with Crippen LogP contribution in [0.3, 0.4) is 0 Å². The van der Waals surface area contributed by atoms with Gasteiger partial charge < -0.3 is 10.3 Å². The number of nitrogens with zero attached hydrogens (tertiary/aromatic N) is 4. The first kappa shape index (κ1) is 16.6. The molecule has 0 spiro atoms. The quantitative estimate of drug-likeness (QED) is 0.426. The summed E-state index contributed by atoms with van der Waals surface area (Å²) >= 11 is 1.68. The first-order chi connectivity index (χ1) is 14.4. The second-order valence-corrected chi connectivity index (χ2v) is 7.94. The maximum absolute atomic E-state index is 4.91. The van der Waals surface area contributed by atoms with Gasteiger partial charge in [0.05, 0.1) is 22.9 Å². The average Bonchev–Trinajstić information content (AvgIpc) is 3.52. The highest BCUT2D eigenvalue weighted by Gasteiger charge is 2.18. The number of thiophene rings is 1. The maximum atomic E-state index is 4.91. The molecule has 0 aliphatic carbocycles. The van der Waals surface area contributed by atoms with Gasteiger partial charge in [0, 0.05) is 23.2 Å². The number of rotatable bonds is 3. The number of aromatic nitrogens is 6. The van der Waals surface area contributed by atoms with E-state index in [1.54, 1.807) is 17.5 Å². The predicted octanol–water partition coefficient (Wildman–Crippen LogP) is 4.00. The zero-order valence-electron chi connectivity index (χ0n) is 15.4. The second-order valence-electron chi connectivity index (χ2n) is 6.99. The lowest BCUT2D eigenvalue weighted by molar-refractivity contribution is 0.737. The average molecular weight is 399 g/mol. The van der Waals surface area contributed by atoms with Crippen LogP contribution >= 0.6 is 11.3 Å². The molecule has 0 saturated heterocycles. The molecule has 0 bridgehead atoms. The summed E-state index contributed by atoms with van der Waals surface area (Å²) in [7, 11) is 0. The van der Waals surface area contributed by atoms with Crippen molar-refractivity contribution in [1.82, 2.24) is 35.5 Å². The molecule has 0 fully saturated rings. The first-order valence-corrected chi connectivity index (χ1v) is 10.4. The summed E-state index contributed by atoms with van der Waals surface area (Å²) in [5, 5.41) is 13.0. The van der Waals surface area contributed by atoms with E-state index in [-0.39, 0.29) is 0 Å². The van der Waals surface area contributed by atoms with E-state index in [9.17, 15) is 0 Å². The van der Waals surface area contributed by atoms with E-state index in [0.29, 0.717) is 5.82 Å². The highest BCUT2D eigenvalue weighted by molar-refractivity contribution is 7.13. The maximum Gasteiger partial charge on any atom is 0.161 e. The Morgan fingerprint density at radius 1 is 1.00 bits per heavy atom. The molecule has 0 aromatic carbocycles. The molecular weight excluding hydrogens is 382 g/mol. The van der Waals surface area contributed by atoms with Crippen LogP contribution in [0.15, 0.2) is 48.1 Å². The number of pyridine rings is 2. The van der Waals surface area contributed by atoms with Crippen LogP contribution in [-0.4, -0.2) is 43.2 Å². The molecule has 5 aromatic heterocycles. The van der Waals surface area contributed by atoms with Gasteiger partial charge in [-0.05, 0) is 42.1 Å². The Kier molecular flexibility index (Phi) is 3.78. The van der Waals surface area contributed by atoms with Crippen molar-refractivity contribution in [2.75, 3.05) is 13.1 Å². The third-order valence-corrected chi connectivity index (χ3v) is 6.11. The van der Waals surface area contributed by atoms with Crippen LogP contribution in [0, 0.1) is 0 Å². The molecule has 29 heavy (non-hydrogen) atoms. The van der Waals surface area contributed by atoms with Gasteiger partial charge in [0.1, 0.15) is 11.0 Å². The van der Waals surface area contributed by atoms with Crippen LogP contribution in [-0.2, 0) is 0 Å². The lowest BCUT2D eigenvalue weighted by Gasteiger charge is -2.13. The lowest BCUT2D eigenvalue weighted by Crippen LogP contribution is -2.20. The Balaban J connectivity index is 1.50. The van der Waals surface area contributed by atoms with Gasteiger partial charge in [0.2, 0.25) is 0 Å². The largest absolute Gasteiger partial charge is 0.335 e. The molecule has 5 aromatic rings. The third-order valence-electron chi connectivity index (χ3n) is 5.21. The number of hydrogen-bond acceptors (Lipinski definition) is 6. The molecule has 7 nitrogen and oxygen atoms in total. The second kappa shape index (κ2) is 6.61. The van der Waals surface area contributed by atoms with Crippen molar-refractivity contribution in [3.8, 4) is 22.0 Å². The summed E-state index contributed by atoms with van der Waals surface area (Å²) in [5.74, 6) is 0.695. The molecule has 8 heteroatoms. The minimum absolute atomic E-state index is 0.695. The van der Waals surface area contributed by atoms with Gasteiger partial charge >= 0.3 is 0 Å². The van der Waals surface area contributed by atoms with Crippen molar-refractivity contribution in [3.63, 3.8) is 0 Å². The van der Waals surface area contributed by atoms with Gasteiger partial charge in [0.15, 0.2) is 11.5 Å². The first-order valence-electron chi connectivity index (χ1n) is 9.50. The van der Waals surface area contributed by atoms with Crippen molar-refractivity contribution in [3.05, 3.63) is 53.8 Å². The summed E-state index contributed by atoms with van der Waals surface area (Å²) in [6.45, 7) is 1.86. The third kappa shape index (κ3) is 2.76. The standard InChI is InChI=1S/C21H17N7S/c1-2-17(29-9-1)13-10-23-11-16-18(13)26-21(25-16)20-19-15(27-28-20)4-3-14(24-19)12-5-7-22-8-6-12/h1-5,9-11,22H,6-8H2,(H,25,26)(H,27,28). The van der Waals surface area contributed by atoms with E-state index in [2.05, 4.69) is 49.1 Å². The molecule has 3 N–H and O–H groups in total. The Hall–Kier alpha value is -3.36. The Morgan fingerprint density at radius 3 is 2.86 bits per heavy atom. The smallest absolute Gasteiger partial charge is 0.161 e. The Labute approximate surface area is 169 Å². The SMILES string of the molecule is C1=C(c2ccc3[nH]nc(-c4nc5c(-c6cccs6)cncc5[nH]4)c3n2)CCNC1. The van der Waals surface area contributed by atoms with Crippen molar-refractivity contribution in [2.45, 2.75) is 6.42 Å². The molecule has 0 atom stereocenters. The molecule has 0 saturated carbocycles. The van der Waals surface area contributed by atoms with E-state index >= 15 is 0 Å². The van der Waals surface area contributed by atoms with Crippen molar-refractivity contribution >= 4 is 39.0 Å². The van der Waals surface area contributed by atoms with Gasteiger partial charge in [-0.15, -0.1) is 11.3 Å². The zero-order valence-corrected chi connectivity index (χ0v) is 16.3. The molecular formula is C21H17N7S. The summed E-state index contributed by atoms with van der Waals surface area (Å²) in [5.41, 5.74) is 7.52. The van der Waals surface area contributed by atoms with Gasteiger partial charge in [-0.25, -0.2) is 9.97 Å². The van der Waals surface area contributed by atoms with E-state index in [1.807, 2.05) is 18.3 Å². The van der Waals surface area contributed by atoms with Gasteiger partial charge in [-0.2, -0.15) is 5.10 Å². The fourth-order valence-corrected chi connectivity index (χ4v) is 4.49. The monoisotopic (exact) mass is 399 g/mol. The van der Waals surface area contributed by atoms with E-state index in [0.717, 1.165) is 63.4 Å². The number of imidazole rings is 1. The summed E-state index contributed by atoms with van der Waals surface area (Å²) in [6, 6.07) is 8.21. The Bertz CT molecular complexity index is 1360. The van der Waals surface area contributed by atoms with Gasteiger partial charge in [-0.3, -0.25) is 10.1 Å². The van der Waals surface area contributed by atoms with Crippen LogP contribution in [0.2, 0.25) is 0 Å². The van der Waals surface area contributed by atoms with Gasteiger partial charge in [0.25, 0.3) is 0 Å². The summed E-state index contributed by atoms with van der Waals surface area (Å²) in [6.07, 6.45) is 6.85. The molecule has 0 amide bonds. The molecule has 0 unspecified atom stereocenters. The molecule has 1 aliphatic rings. The number of fused-ring (bicyclic) bond motifs is 2. The number of hydrogen-bond donors (Lipinski definition) is 3. The Morgan fingerprint density at radius 2 is 2.00 bits per heavy atom. The fraction of sp³-hybridized carbons (Fsp3) is 0.143. The van der Waals surface area contributed by atoms with Crippen LogP contribution in [0.5, 0.6) is 0 Å². The van der Waals surface area contributed by atoms with Crippen molar-refractivity contribution < 1.29 is 0 Å². The molecule has 1 aliphatic heterocycles. The van der Waals surface area contributed by atoms with Crippen LogP contribution < -0.4 is 5.32 Å². The minimum atomic E-state index is 0.695. The predicted molar refractivity (Wildman–Crippen MR) is 116 cm³/mol. The van der Waals surface area contributed by atoms with E-state index in [4.69, 9.17) is 9.97 Å². The van der Waals surface area contributed by atoms with Crippen LogP contribution in [0.1, 0.15) is 12.1 Å². The van der Waals surface area contributed by atoms with Gasteiger partial charge in [-0.1, -0.05) is 12.1 Å². The van der Waals surface area contributed by atoms with Crippen molar-refractivity contribution in [2.24, 2.45) is 0 Å². The molecule has 142 valence electrons. The normalized spacial score (nSPS) is 14.6. The highest BCUT2D eigenvalue weighted by Crippen LogP contribution is 2.32. The number of H-pyrrole nitrogens is 2. The van der Waals surface area contributed by atoms with E-state index in [1.165, 1.54) is 5.57 Å².